The Hall–Kier alpha value is -3.61. The summed E-state index contributed by atoms with van der Waals surface area (Å²) in [7, 11) is 0. The predicted octanol–water partition coefficient (Wildman–Crippen LogP) is 3.24. The molecule has 0 amide bonds. The van der Waals surface area contributed by atoms with Crippen molar-refractivity contribution in [2.45, 2.75) is 12.8 Å². The molecule has 2 aromatic carbocycles. The maximum absolute atomic E-state index is 12.3. The van der Waals surface area contributed by atoms with Crippen LogP contribution in [0.1, 0.15) is 33.3 Å². The van der Waals surface area contributed by atoms with Gasteiger partial charge in [-0.15, -0.1) is 10.2 Å². The molecule has 7 heteroatoms. The number of imidazole rings is 1. The van der Waals surface area contributed by atoms with Crippen molar-refractivity contribution in [2.75, 3.05) is 0 Å². The Morgan fingerprint density at radius 1 is 1.08 bits per heavy atom. The van der Waals surface area contributed by atoms with Crippen LogP contribution in [0, 0.1) is 0 Å². The van der Waals surface area contributed by atoms with Crippen molar-refractivity contribution in [3.05, 3.63) is 65.8 Å². The summed E-state index contributed by atoms with van der Waals surface area (Å²) in [6, 6.07) is 14.3. The number of hydrogen-bond donors (Lipinski definition) is 1. The first kappa shape index (κ1) is 15.9. The highest BCUT2D eigenvalue weighted by Crippen LogP contribution is 2.19. The highest BCUT2D eigenvalue weighted by molar-refractivity contribution is 5.95. The molecule has 0 unspecified atom stereocenters. The Labute approximate surface area is 148 Å². The van der Waals surface area contributed by atoms with Gasteiger partial charge in [0.05, 0.1) is 11.0 Å². The van der Waals surface area contributed by atoms with Gasteiger partial charge >= 0.3 is 0 Å². The Morgan fingerprint density at radius 2 is 1.88 bits per heavy atom. The Kier molecular flexibility index (Phi) is 4.10. The third-order valence-electron chi connectivity index (χ3n) is 3.98. The van der Waals surface area contributed by atoms with Crippen LogP contribution >= 0.6 is 0 Å². The number of nitrogens with one attached hydrogen (secondary N) is 1. The lowest BCUT2D eigenvalue weighted by atomic mass is 10.1. The third kappa shape index (κ3) is 3.14. The molecule has 26 heavy (non-hydrogen) atoms. The summed E-state index contributed by atoms with van der Waals surface area (Å²) in [6.07, 6.45) is 1.31. The Morgan fingerprint density at radius 3 is 2.65 bits per heavy atom. The van der Waals surface area contributed by atoms with Gasteiger partial charge in [-0.1, -0.05) is 24.3 Å². The molecule has 2 aromatic heterocycles. The highest BCUT2D eigenvalue weighted by Gasteiger charge is 2.14. The van der Waals surface area contributed by atoms with Crippen LogP contribution in [0.4, 0.5) is 0 Å². The molecule has 0 bridgehead atoms. The van der Waals surface area contributed by atoms with Crippen LogP contribution in [0.15, 0.2) is 52.9 Å². The number of hydrogen-bond acceptors (Lipinski definition) is 6. The number of aromatic amines is 1. The number of rotatable bonds is 6. The van der Waals surface area contributed by atoms with Crippen molar-refractivity contribution in [3.63, 3.8) is 0 Å². The first-order valence-electron chi connectivity index (χ1n) is 8.09. The summed E-state index contributed by atoms with van der Waals surface area (Å²) in [5.74, 6) is 0.948. The molecule has 7 nitrogen and oxygen atoms in total. The van der Waals surface area contributed by atoms with Crippen LogP contribution in [0.25, 0.3) is 22.5 Å². The van der Waals surface area contributed by atoms with Gasteiger partial charge in [-0.05, 0) is 24.3 Å². The summed E-state index contributed by atoms with van der Waals surface area (Å²) < 4.78 is 5.60. The minimum atomic E-state index is -0.115. The number of aryl methyl sites for hydroxylation is 1. The number of aldehydes is 1. The summed E-state index contributed by atoms with van der Waals surface area (Å²) >= 11 is 0. The van der Waals surface area contributed by atoms with Crippen molar-refractivity contribution >= 4 is 23.1 Å². The van der Waals surface area contributed by atoms with E-state index in [4.69, 9.17) is 4.42 Å². The van der Waals surface area contributed by atoms with E-state index >= 15 is 0 Å². The number of carbonyl (C=O) groups is 2. The molecule has 4 aromatic rings. The number of fused-ring (bicyclic) bond motifs is 1. The smallest absolute Gasteiger partial charge is 0.247 e. The molecule has 2 heterocycles. The van der Waals surface area contributed by atoms with Gasteiger partial charge in [-0.2, -0.15) is 0 Å². The molecule has 4 rings (SSSR count). The van der Waals surface area contributed by atoms with Gasteiger partial charge < -0.3 is 9.40 Å². The van der Waals surface area contributed by atoms with E-state index in [0.717, 1.165) is 22.9 Å². The van der Waals surface area contributed by atoms with E-state index in [2.05, 4.69) is 20.2 Å². The fourth-order valence-electron chi connectivity index (χ4n) is 2.60. The van der Waals surface area contributed by atoms with Crippen molar-refractivity contribution in [1.82, 2.24) is 20.2 Å². The largest absolute Gasteiger partial charge is 0.421 e. The molecule has 0 fully saturated rings. The molecule has 128 valence electrons. The third-order valence-corrected chi connectivity index (χ3v) is 3.98. The lowest BCUT2D eigenvalue weighted by Crippen LogP contribution is -2.03. The monoisotopic (exact) mass is 346 g/mol. The van der Waals surface area contributed by atoms with Gasteiger partial charge in [-0.25, -0.2) is 4.98 Å². The van der Waals surface area contributed by atoms with Crippen LogP contribution in [0.5, 0.6) is 0 Å². The number of nitrogens with zero attached hydrogens (tertiary/aromatic N) is 3. The summed E-state index contributed by atoms with van der Waals surface area (Å²) in [5, 5.41) is 7.96. The first-order valence-corrected chi connectivity index (χ1v) is 8.09. The average molecular weight is 346 g/mol. The topological polar surface area (TPSA) is 102 Å². The average Bonchev–Trinajstić information content (AvgIpc) is 3.33. The molecule has 0 spiro atoms. The van der Waals surface area contributed by atoms with Gasteiger partial charge in [0.1, 0.15) is 6.29 Å². The Balaban J connectivity index is 1.43. The number of aromatic nitrogens is 4. The zero-order chi connectivity index (χ0) is 17.9. The van der Waals surface area contributed by atoms with E-state index in [1.165, 1.54) is 0 Å². The van der Waals surface area contributed by atoms with Gasteiger partial charge in [0, 0.05) is 24.0 Å². The zero-order valence-electron chi connectivity index (χ0n) is 13.7. The predicted molar refractivity (Wildman–Crippen MR) is 93.9 cm³/mol. The summed E-state index contributed by atoms with van der Waals surface area (Å²) in [5.41, 5.74) is 2.88. The molecule has 0 saturated carbocycles. The number of para-hydroxylation sites is 2. The van der Waals surface area contributed by atoms with E-state index in [9.17, 15) is 9.59 Å². The number of Topliss-reactive ketones (excluding diaryl/α,β-unsaturated/α-hetero) is 1. The highest BCUT2D eigenvalue weighted by atomic mass is 16.4. The van der Waals surface area contributed by atoms with Crippen LogP contribution in [-0.2, 0) is 6.42 Å². The van der Waals surface area contributed by atoms with Crippen molar-refractivity contribution in [2.24, 2.45) is 0 Å². The maximum Gasteiger partial charge on any atom is 0.247 e. The SMILES string of the molecule is O=Cc1ccc(-c2nnc(CCC(=O)c3nc4ccccc4[nH]3)o2)cc1. The van der Waals surface area contributed by atoms with Crippen LogP contribution in [-0.4, -0.2) is 32.2 Å². The Bertz CT molecular complexity index is 1050. The molecular formula is C19H14N4O3. The molecule has 0 radical (unpaired) electrons. The second-order valence-corrected chi connectivity index (χ2v) is 5.77. The fourth-order valence-corrected chi connectivity index (χ4v) is 2.60. The molecule has 1 N–H and O–H groups in total. The van der Waals surface area contributed by atoms with E-state index in [1.54, 1.807) is 24.3 Å². The number of carbonyl (C=O) groups excluding carboxylic acids is 2. The van der Waals surface area contributed by atoms with Crippen LogP contribution in [0.2, 0.25) is 0 Å². The van der Waals surface area contributed by atoms with E-state index < -0.39 is 0 Å². The number of ketones is 1. The summed E-state index contributed by atoms with van der Waals surface area (Å²) in [4.78, 5) is 30.3. The first-order chi connectivity index (χ1) is 12.7. The maximum atomic E-state index is 12.3. The van der Waals surface area contributed by atoms with Crippen LogP contribution in [0.3, 0.4) is 0 Å². The fraction of sp³-hybridized carbons (Fsp3) is 0.105. The van der Waals surface area contributed by atoms with Crippen molar-refractivity contribution in [3.8, 4) is 11.5 Å². The normalized spacial score (nSPS) is 10.9. The number of H-pyrrole nitrogens is 1. The quantitative estimate of drug-likeness (QED) is 0.425. The zero-order valence-corrected chi connectivity index (χ0v) is 13.7. The van der Waals surface area contributed by atoms with Gasteiger partial charge in [0.15, 0.2) is 11.6 Å². The van der Waals surface area contributed by atoms with Crippen molar-refractivity contribution in [1.29, 1.82) is 0 Å². The van der Waals surface area contributed by atoms with E-state index in [-0.39, 0.29) is 12.2 Å². The minimum absolute atomic E-state index is 0.115. The second-order valence-electron chi connectivity index (χ2n) is 5.77. The van der Waals surface area contributed by atoms with Gasteiger partial charge in [-0.3, -0.25) is 9.59 Å². The molecule has 0 aliphatic carbocycles. The number of benzene rings is 2. The summed E-state index contributed by atoms with van der Waals surface area (Å²) in [6.45, 7) is 0. The van der Waals surface area contributed by atoms with Gasteiger partial charge in [0.25, 0.3) is 0 Å². The van der Waals surface area contributed by atoms with E-state index in [1.807, 2.05) is 24.3 Å². The molecular weight excluding hydrogens is 332 g/mol. The van der Waals surface area contributed by atoms with Crippen LogP contribution < -0.4 is 0 Å². The van der Waals surface area contributed by atoms with E-state index in [0.29, 0.717) is 29.6 Å². The van der Waals surface area contributed by atoms with Gasteiger partial charge in [0.2, 0.25) is 11.8 Å². The lowest BCUT2D eigenvalue weighted by Gasteiger charge is -1.96. The minimum Gasteiger partial charge on any atom is -0.421 e. The molecule has 0 aliphatic rings. The molecule has 0 saturated heterocycles. The molecule has 0 atom stereocenters. The lowest BCUT2D eigenvalue weighted by molar-refractivity contribution is 0.0971. The standard InChI is InChI=1S/C19H14N4O3/c24-11-12-5-7-13(8-6-12)19-23-22-17(26-19)10-9-16(25)18-20-14-3-1-2-4-15(14)21-18/h1-8,11H,9-10H2,(H,20,21). The molecule has 0 aliphatic heterocycles. The van der Waals surface area contributed by atoms with Crippen molar-refractivity contribution < 1.29 is 14.0 Å². The second kappa shape index (κ2) is 6.72.